The molecule has 3 heteroatoms. The second-order valence-electron chi connectivity index (χ2n) is 1.59. The minimum Gasteiger partial charge on any atom is -0.508 e. The van der Waals surface area contributed by atoms with Crippen LogP contribution >= 0.6 is 9.24 Å². The van der Waals surface area contributed by atoms with Crippen LogP contribution in [0.5, 0.6) is 5.75 Å². The summed E-state index contributed by atoms with van der Waals surface area (Å²) in [5.74, 6) is 0.317. The third-order valence-corrected chi connectivity index (χ3v) is 1.23. The van der Waals surface area contributed by atoms with Gasteiger partial charge in [0.05, 0.1) is 0 Å². The van der Waals surface area contributed by atoms with Gasteiger partial charge in [-0.15, -0.1) is 9.24 Å². The van der Waals surface area contributed by atoms with Crippen LogP contribution < -0.4 is 5.30 Å². The van der Waals surface area contributed by atoms with Gasteiger partial charge in [0.15, 0.2) is 0 Å². The Labute approximate surface area is 56.0 Å². The predicted octanol–water partition coefficient (Wildman–Crippen LogP) is 0.0679. The first-order valence-corrected chi connectivity index (χ1v) is 2.91. The minimum absolute atomic E-state index is 0. The Hall–Kier alpha value is -0.590. The quantitative estimate of drug-likeness (QED) is 0.514. The summed E-state index contributed by atoms with van der Waals surface area (Å²) < 4.78 is 0. The monoisotopic (exact) mass is 144 g/mol. The third-order valence-electron chi connectivity index (χ3n) is 0.870. The number of phenolic OH excluding ortho intramolecular Hbond substituents is 1. The number of rotatable bonds is 0. The normalized spacial score (nSPS) is 8.11. The summed E-state index contributed by atoms with van der Waals surface area (Å²) in [7, 11) is 2.50. The fraction of sp³-hybridized carbons (Fsp3) is 0. The van der Waals surface area contributed by atoms with E-state index in [1.165, 1.54) is 0 Å². The average molecular weight is 144 g/mol. The van der Waals surface area contributed by atoms with Crippen LogP contribution in [0.3, 0.4) is 0 Å². The van der Waals surface area contributed by atoms with Gasteiger partial charge in [-0.1, -0.05) is 12.1 Å². The van der Waals surface area contributed by atoms with E-state index in [1.807, 2.05) is 6.07 Å². The van der Waals surface area contributed by atoms with Crippen LogP contribution in [0.25, 0.3) is 0 Å². The lowest BCUT2D eigenvalue weighted by atomic mass is 10.3. The molecule has 2 nitrogen and oxygen atoms in total. The summed E-state index contributed by atoms with van der Waals surface area (Å²) in [4.78, 5) is 0. The molecule has 1 unspecified atom stereocenters. The zero-order valence-corrected chi connectivity index (χ0v) is 5.99. The van der Waals surface area contributed by atoms with Crippen LogP contribution in [0.2, 0.25) is 0 Å². The molecule has 0 aliphatic rings. The van der Waals surface area contributed by atoms with Crippen molar-refractivity contribution in [2.45, 2.75) is 0 Å². The van der Waals surface area contributed by atoms with Crippen LogP contribution in [0.1, 0.15) is 0 Å². The van der Waals surface area contributed by atoms with Gasteiger partial charge in [-0.3, -0.25) is 0 Å². The number of aromatic hydroxyl groups is 1. The van der Waals surface area contributed by atoms with Crippen LogP contribution in [0.4, 0.5) is 0 Å². The van der Waals surface area contributed by atoms with Gasteiger partial charge < -0.3 is 10.6 Å². The molecule has 0 amide bonds. The van der Waals surface area contributed by atoms with Crippen molar-refractivity contribution in [1.82, 2.24) is 0 Å². The van der Waals surface area contributed by atoms with Crippen molar-refractivity contribution in [2.75, 3.05) is 0 Å². The second-order valence-corrected chi connectivity index (χ2v) is 2.26. The molecule has 9 heavy (non-hydrogen) atoms. The van der Waals surface area contributed by atoms with E-state index < -0.39 is 0 Å². The third kappa shape index (κ3) is 2.45. The van der Waals surface area contributed by atoms with Gasteiger partial charge in [0, 0.05) is 0 Å². The maximum Gasteiger partial charge on any atom is 0.116 e. The van der Waals surface area contributed by atoms with Crippen molar-refractivity contribution >= 4 is 14.5 Å². The molecule has 0 saturated carbocycles. The lowest BCUT2D eigenvalue weighted by molar-refractivity contribution is 0.476. The SMILES string of the molecule is O.Oc1cccc(P)c1. The average Bonchev–Trinajstić information content (AvgIpc) is 1.64. The highest BCUT2D eigenvalue weighted by atomic mass is 31.0. The standard InChI is InChI=1S/C6H7OP.H2O/c7-5-2-1-3-6(8)4-5;/h1-4,7H,8H2;1H2. The Morgan fingerprint density at radius 1 is 1.33 bits per heavy atom. The summed E-state index contributed by atoms with van der Waals surface area (Å²) in [6, 6.07) is 7.04. The molecule has 0 aliphatic carbocycles. The van der Waals surface area contributed by atoms with Gasteiger partial charge in [0.2, 0.25) is 0 Å². The lowest BCUT2D eigenvalue weighted by Gasteiger charge is -1.89. The smallest absolute Gasteiger partial charge is 0.116 e. The largest absolute Gasteiger partial charge is 0.508 e. The first-order chi connectivity index (χ1) is 3.79. The van der Waals surface area contributed by atoms with E-state index >= 15 is 0 Å². The molecule has 1 aromatic rings. The van der Waals surface area contributed by atoms with E-state index in [1.54, 1.807) is 18.2 Å². The molecule has 1 aromatic carbocycles. The van der Waals surface area contributed by atoms with E-state index in [4.69, 9.17) is 5.11 Å². The van der Waals surface area contributed by atoms with Gasteiger partial charge in [0.1, 0.15) is 5.75 Å². The number of benzene rings is 1. The number of hydrogen-bond acceptors (Lipinski definition) is 1. The molecule has 0 spiro atoms. The highest BCUT2D eigenvalue weighted by Gasteiger charge is 1.83. The van der Waals surface area contributed by atoms with Crippen LogP contribution in [-0.2, 0) is 0 Å². The Bertz CT molecular complexity index is 171. The maximum atomic E-state index is 8.80. The Morgan fingerprint density at radius 3 is 2.33 bits per heavy atom. The molecular weight excluding hydrogens is 135 g/mol. The van der Waals surface area contributed by atoms with Crippen molar-refractivity contribution in [3.05, 3.63) is 24.3 Å². The van der Waals surface area contributed by atoms with Gasteiger partial charge in [-0.2, -0.15) is 0 Å². The van der Waals surface area contributed by atoms with Crippen molar-refractivity contribution in [3.63, 3.8) is 0 Å². The first-order valence-electron chi connectivity index (χ1n) is 2.33. The maximum absolute atomic E-state index is 8.80. The minimum atomic E-state index is 0. The highest BCUT2D eigenvalue weighted by Crippen LogP contribution is 2.04. The number of phenols is 1. The fourth-order valence-corrected chi connectivity index (χ4v) is 0.807. The van der Waals surface area contributed by atoms with Gasteiger partial charge in [0.25, 0.3) is 0 Å². The lowest BCUT2D eigenvalue weighted by Crippen LogP contribution is -1.84. The summed E-state index contributed by atoms with van der Waals surface area (Å²) in [5, 5.41) is 9.80. The molecule has 3 N–H and O–H groups in total. The topological polar surface area (TPSA) is 51.7 Å². The fourth-order valence-electron chi connectivity index (χ4n) is 0.525. The molecular formula is C6H9O2P. The Morgan fingerprint density at radius 2 is 2.00 bits per heavy atom. The van der Waals surface area contributed by atoms with Crippen molar-refractivity contribution in [1.29, 1.82) is 0 Å². The number of hydrogen-bond donors (Lipinski definition) is 1. The second kappa shape index (κ2) is 3.44. The van der Waals surface area contributed by atoms with E-state index in [0.717, 1.165) is 5.30 Å². The molecule has 0 bridgehead atoms. The van der Waals surface area contributed by atoms with Crippen molar-refractivity contribution in [3.8, 4) is 5.75 Å². The Kier molecular flexibility index (Phi) is 3.21. The molecule has 0 radical (unpaired) electrons. The van der Waals surface area contributed by atoms with E-state index in [0.29, 0.717) is 5.75 Å². The van der Waals surface area contributed by atoms with Crippen LogP contribution in [0.15, 0.2) is 24.3 Å². The van der Waals surface area contributed by atoms with E-state index in [-0.39, 0.29) is 5.48 Å². The summed E-state index contributed by atoms with van der Waals surface area (Å²) in [5.41, 5.74) is 0. The molecule has 0 saturated heterocycles. The molecule has 0 heterocycles. The van der Waals surface area contributed by atoms with E-state index in [9.17, 15) is 0 Å². The van der Waals surface area contributed by atoms with Crippen molar-refractivity contribution < 1.29 is 10.6 Å². The molecule has 1 atom stereocenters. The highest BCUT2D eigenvalue weighted by molar-refractivity contribution is 7.27. The first kappa shape index (κ1) is 8.41. The van der Waals surface area contributed by atoms with E-state index in [2.05, 4.69) is 9.24 Å². The van der Waals surface area contributed by atoms with Gasteiger partial charge in [-0.25, -0.2) is 0 Å². The summed E-state index contributed by atoms with van der Waals surface area (Å²) in [6.07, 6.45) is 0. The summed E-state index contributed by atoms with van der Waals surface area (Å²) >= 11 is 0. The van der Waals surface area contributed by atoms with Crippen LogP contribution in [0, 0.1) is 0 Å². The molecule has 50 valence electrons. The van der Waals surface area contributed by atoms with Gasteiger partial charge >= 0.3 is 0 Å². The zero-order chi connectivity index (χ0) is 5.98. The molecule has 0 aromatic heterocycles. The van der Waals surface area contributed by atoms with Crippen LogP contribution in [-0.4, -0.2) is 10.6 Å². The molecule has 1 rings (SSSR count). The molecule has 0 fully saturated rings. The summed E-state index contributed by atoms with van der Waals surface area (Å²) in [6.45, 7) is 0. The zero-order valence-electron chi connectivity index (χ0n) is 4.83. The molecule has 0 aliphatic heterocycles. The van der Waals surface area contributed by atoms with Gasteiger partial charge in [-0.05, 0) is 17.4 Å². The predicted molar refractivity (Wildman–Crippen MR) is 41.1 cm³/mol. The Balaban J connectivity index is 0.000000640. The van der Waals surface area contributed by atoms with Crippen molar-refractivity contribution in [2.24, 2.45) is 0 Å².